The van der Waals surface area contributed by atoms with Crippen molar-refractivity contribution in [1.82, 2.24) is 9.55 Å². The summed E-state index contributed by atoms with van der Waals surface area (Å²) in [6.07, 6.45) is 2.44. The topological polar surface area (TPSA) is 74.0 Å². The van der Waals surface area contributed by atoms with Crippen molar-refractivity contribution in [3.05, 3.63) is 122 Å². The van der Waals surface area contributed by atoms with Crippen LogP contribution in [0.4, 0.5) is 0 Å². The van der Waals surface area contributed by atoms with E-state index in [2.05, 4.69) is 49.6 Å². The van der Waals surface area contributed by atoms with Gasteiger partial charge >= 0.3 is 0 Å². The van der Waals surface area contributed by atoms with E-state index in [1.165, 1.54) is 5.56 Å². The summed E-state index contributed by atoms with van der Waals surface area (Å²) in [5, 5.41) is 1.04. The third-order valence-corrected chi connectivity index (χ3v) is 6.94. The average molecular weight is 512 g/mol. The molecule has 2 N–H and O–H groups in total. The van der Waals surface area contributed by atoms with Gasteiger partial charge in [-0.25, -0.2) is 4.98 Å². The van der Waals surface area contributed by atoms with Crippen molar-refractivity contribution in [1.29, 1.82) is 0 Å². The Labute approximate surface area is 221 Å². The quantitative estimate of drug-likeness (QED) is 0.257. The molecule has 6 heteroatoms. The van der Waals surface area contributed by atoms with Crippen molar-refractivity contribution in [2.24, 2.45) is 11.7 Å². The van der Waals surface area contributed by atoms with E-state index in [0.717, 1.165) is 22.6 Å². The van der Waals surface area contributed by atoms with Gasteiger partial charge in [-0.05, 0) is 30.5 Å². The Bertz CT molecular complexity index is 1600. The van der Waals surface area contributed by atoms with Crippen molar-refractivity contribution < 1.29 is 4.42 Å². The predicted molar refractivity (Wildman–Crippen MR) is 150 cm³/mol. The van der Waals surface area contributed by atoms with Crippen molar-refractivity contribution in [3.63, 3.8) is 0 Å². The normalized spacial score (nSPS) is 12.4. The second-order valence-corrected chi connectivity index (χ2v) is 10.2. The van der Waals surface area contributed by atoms with Gasteiger partial charge < -0.3 is 14.7 Å². The van der Waals surface area contributed by atoms with Crippen molar-refractivity contribution in [2.45, 2.75) is 39.8 Å². The first-order chi connectivity index (χ1) is 17.9. The molecule has 1 unspecified atom stereocenters. The molecular weight excluding hydrogens is 482 g/mol. The van der Waals surface area contributed by atoms with Crippen LogP contribution in [-0.2, 0) is 13.0 Å². The lowest BCUT2D eigenvalue weighted by atomic mass is 9.93. The lowest BCUT2D eigenvalue weighted by Gasteiger charge is -2.26. The largest absolute Gasteiger partial charge is 0.458 e. The number of benzene rings is 3. The molecule has 188 valence electrons. The molecule has 0 spiro atoms. The van der Waals surface area contributed by atoms with Gasteiger partial charge in [-0.2, -0.15) is 0 Å². The van der Waals surface area contributed by atoms with Gasteiger partial charge in [0.15, 0.2) is 5.43 Å². The highest BCUT2D eigenvalue weighted by molar-refractivity contribution is 6.31. The van der Waals surface area contributed by atoms with Crippen LogP contribution in [0, 0.1) is 12.8 Å². The van der Waals surface area contributed by atoms with Crippen LogP contribution < -0.4 is 11.2 Å². The van der Waals surface area contributed by atoms with Gasteiger partial charge in [-0.3, -0.25) is 4.79 Å². The maximum absolute atomic E-state index is 13.9. The Balaban J connectivity index is 1.78. The second-order valence-electron chi connectivity index (χ2n) is 9.80. The monoisotopic (exact) mass is 511 g/mol. The van der Waals surface area contributed by atoms with Gasteiger partial charge in [0.1, 0.15) is 17.2 Å². The Morgan fingerprint density at radius 2 is 1.76 bits per heavy atom. The molecule has 0 amide bonds. The van der Waals surface area contributed by atoms with Gasteiger partial charge in [0.2, 0.25) is 0 Å². The minimum atomic E-state index is -0.293. The number of nitrogens with zero attached hydrogens (tertiary/aromatic N) is 2. The molecule has 2 heterocycles. The first kappa shape index (κ1) is 25.0. The van der Waals surface area contributed by atoms with Crippen LogP contribution in [0.25, 0.3) is 22.4 Å². The minimum Gasteiger partial charge on any atom is -0.458 e. The van der Waals surface area contributed by atoms with Crippen molar-refractivity contribution in [3.8, 4) is 11.4 Å². The highest BCUT2D eigenvalue weighted by Gasteiger charge is 2.29. The van der Waals surface area contributed by atoms with E-state index in [0.29, 0.717) is 40.3 Å². The van der Waals surface area contributed by atoms with Crippen molar-refractivity contribution in [2.75, 3.05) is 0 Å². The first-order valence-electron chi connectivity index (χ1n) is 12.5. The van der Waals surface area contributed by atoms with E-state index in [9.17, 15) is 4.79 Å². The Morgan fingerprint density at radius 3 is 2.43 bits per heavy atom. The summed E-state index contributed by atoms with van der Waals surface area (Å²) in [6.45, 7) is 6.62. The van der Waals surface area contributed by atoms with Crippen LogP contribution in [0.15, 0.2) is 88.2 Å². The number of nitrogens with two attached hydrogens (primary N) is 1. The fourth-order valence-electron chi connectivity index (χ4n) is 4.85. The maximum atomic E-state index is 13.9. The molecular formula is C31H30ClN3O2. The summed E-state index contributed by atoms with van der Waals surface area (Å²) in [5.74, 6) is 1.49. The maximum Gasteiger partial charge on any atom is 0.196 e. The molecule has 0 saturated heterocycles. The zero-order chi connectivity index (χ0) is 26.1. The van der Waals surface area contributed by atoms with E-state index >= 15 is 0 Å². The summed E-state index contributed by atoms with van der Waals surface area (Å²) in [7, 11) is 0. The number of hydrogen-bond donors (Lipinski definition) is 1. The molecule has 0 radical (unpaired) electrons. The van der Waals surface area contributed by atoms with Crippen LogP contribution in [0.3, 0.4) is 0 Å². The molecule has 0 aliphatic heterocycles. The molecule has 37 heavy (non-hydrogen) atoms. The smallest absolute Gasteiger partial charge is 0.196 e. The standard InChI is InChI=1S/C31H30ClN3O2/c1-19(2)28(35-18-24(17-33)34-31(35)22-11-9-20(3)10-12-22)30-26(15-21-7-5-4-6-8-21)29(36)25-14-13-23(32)16-27(25)37-30/h4-14,16,18-19,28H,15,17,33H2,1-3H3. The lowest BCUT2D eigenvalue weighted by molar-refractivity contribution is 0.359. The van der Waals surface area contributed by atoms with Gasteiger partial charge in [-0.15, -0.1) is 0 Å². The highest BCUT2D eigenvalue weighted by atomic mass is 35.5. The second kappa shape index (κ2) is 10.4. The summed E-state index contributed by atoms with van der Waals surface area (Å²) in [6, 6.07) is 23.2. The lowest BCUT2D eigenvalue weighted by Crippen LogP contribution is -2.23. The summed E-state index contributed by atoms with van der Waals surface area (Å²) >= 11 is 6.30. The summed E-state index contributed by atoms with van der Waals surface area (Å²) in [4.78, 5) is 18.8. The molecule has 5 nitrogen and oxygen atoms in total. The van der Waals surface area contributed by atoms with E-state index in [1.54, 1.807) is 18.2 Å². The molecule has 1 atom stereocenters. The number of aryl methyl sites for hydroxylation is 1. The van der Waals surface area contributed by atoms with Crippen LogP contribution in [-0.4, -0.2) is 9.55 Å². The number of hydrogen-bond acceptors (Lipinski definition) is 4. The fraction of sp³-hybridized carbons (Fsp3) is 0.226. The minimum absolute atomic E-state index is 0.0431. The zero-order valence-electron chi connectivity index (χ0n) is 21.2. The van der Waals surface area contributed by atoms with E-state index in [4.69, 9.17) is 26.7 Å². The van der Waals surface area contributed by atoms with E-state index < -0.39 is 0 Å². The highest BCUT2D eigenvalue weighted by Crippen LogP contribution is 2.35. The predicted octanol–water partition coefficient (Wildman–Crippen LogP) is 6.91. The SMILES string of the molecule is Cc1ccc(-c2nc(CN)cn2C(c2oc3cc(Cl)ccc3c(=O)c2Cc2ccccc2)C(C)C)cc1. The molecule has 0 fully saturated rings. The number of halogens is 1. The molecule has 5 aromatic rings. The molecule has 3 aromatic carbocycles. The number of aromatic nitrogens is 2. The first-order valence-corrected chi connectivity index (χ1v) is 12.9. The Kier molecular flexibility index (Phi) is 7.00. The Hall–Kier alpha value is -3.67. The number of rotatable bonds is 7. The zero-order valence-corrected chi connectivity index (χ0v) is 22.0. The third kappa shape index (κ3) is 4.97. The summed E-state index contributed by atoms with van der Waals surface area (Å²) in [5.41, 5.74) is 11.1. The third-order valence-electron chi connectivity index (χ3n) is 6.70. The number of imidazole rings is 1. The van der Waals surface area contributed by atoms with Gasteiger partial charge in [0, 0.05) is 41.4 Å². The molecule has 2 aromatic heterocycles. The van der Waals surface area contributed by atoms with Crippen LogP contribution in [0.1, 0.15) is 48.0 Å². The molecule has 0 bridgehead atoms. The van der Waals surface area contributed by atoms with Crippen LogP contribution in [0.2, 0.25) is 5.02 Å². The van der Waals surface area contributed by atoms with Crippen LogP contribution in [0.5, 0.6) is 0 Å². The summed E-state index contributed by atoms with van der Waals surface area (Å²) < 4.78 is 8.71. The molecule has 5 rings (SSSR count). The fourth-order valence-corrected chi connectivity index (χ4v) is 5.01. The van der Waals surface area contributed by atoms with E-state index in [1.807, 2.05) is 36.5 Å². The van der Waals surface area contributed by atoms with E-state index in [-0.39, 0.29) is 17.4 Å². The van der Waals surface area contributed by atoms with Crippen molar-refractivity contribution >= 4 is 22.6 Å². The molecule has 0 saturated carbocycles. The Morgan fingerprint density at radius 1 is 1.03 bits per heavy atom. The van der Waals surface area contributed by atoms with Gasteiger partial charge in [-0.1, -0.05) is 85.6 Å². The molecule has 0 aliphatic rings. The number of fused-ring (bicyclic) bond motifs is 1. The molecule has 0 aliphatic carbocycles. The van der Waals surface area contributed by atoms with Gasteiger partial charge in [0.25, 0.3) is 0 Å². The van der Waals surface area contributed by atoms with Gasteiger partial charge in [0.05, 0.1) is 17.1 Å². The van der Waals surface area contributed by atoms with Crippen LogP contribution >= 0.6 is 11.6 Å². The average Bonchev–Trinajstić information content (AvgIpc) is 3.31.